The van der Waals surface area contributed by atoms with Crippen LogP contribution in [0.3, 0.4) is 0 Å². The molecule has 0 aliphatic carbocycles. The second kappa shape index (κ2) is 6.90. The largest absolute Gasteiger partial charge is 0.297 e. The minimum Gasteiger partial charge on any atom is -0.297 e. The smallest absolute Gasteiger partial charge is 0.0897 e. The highest BCUT2D eigenvalue weighted by atomic mass is 32.1. The highest BCUT2D eigenvalue weighted by molar-refractivity contribution is 7.09. The van der Waals surface area contributed by atoms with E-state index in [4.69, 9.17) is 0 Å². The van der Waals surface area contributed by atoms with Crippen molar-refractivity contribution in [3.63, 3.8) is 0 Å². The summed E-state index contributed by atoms with van der Waals surface area (Å²) in [5.74, 6) is 0. The normalized spacial score (nSPS) is 21.5. The van der Waals surface area contributed by atoms with Crippen LogP contribution in [-0.2, 0) is 13.1 Å². The van der Waals surface area contributed by atoms with Gasteiger partial charge in [-0.1, -0.05) is 6.07 Å². The average Bonchev–Trinajstić information content (AvgIpc) is 3.18. The van der Waals surface area contributed by atoms with Gasteiger partial charge in [-0.15, -0.1) is 11.3 Å². The summed E-state index contributed by atoms with van der Waals surface area (Å²) in [5.41, 5.74) is 2.86. The third-order valence-electron chi connectivity index (χ3n) is 5.66. The Morgan fingerprint density at radius 2 is 1.96 bits per heavy atom. The first-order chi connectivity index (χ1) is 11.7. The number of likely N-dealkylation sites (tertiary alicyclic amines) is 2. The van der Waals surface area contributed by atoms with E-state index < -0.39 is 0 Å². The Morgan fingerprint density at radius 3 is 2.67 bits per heavy atom. The van der Waals surface area contributed by atoms with Gasteiger partial charge in [-0.3, -0.25) is 14.8 Å². The van der Waals surface area contributed by atoms with Crippen LogP contribution in [0, 0.1) is 6.92 Å². The summed E-state index contributed by atoms with van der Waals surface area (Å²) < 4.78 is 0. The lowest BCUT2D eigenvalue weighted by molar-refractivity contribution is 0.0439. The quantitative estimate of drug-likeness (QED) is 0.851. The summed E-state index contributed by atoms with van der Waals surface area (Å²) in [5, 5.41) is 3.42. The van der Waals surface area contributed by atoms with Crippen LogP contribution < -0.4 is 0 Å². The van der Waals surface area contributed by atoms with E-state index in [-0.39, 0.29) is 0 Å². The van der Waals surface area contributed by atoms with Crippen LogP contribution in [0.25, 0.3) is 0 Å². The zero-order valence-electron chi connectivity index (χ0n) is 14.4. The molecule has 0 bridgehead atoms. The molecule has 0 radical (unpaired) electrons. The highest BCUT2D eigenvalue weighted by Crippen LogP contribution is 2.39. The van der Waals surface area contributed by atoms with Gasteiger partial charge in [-0.05, 0) is 51.3 Å². The lowest BCUT2D eigenvalue weighted by atomic mass is 9.85. The van der Waals surface area contributed by atoms with Gasteiger partial charge in [0.05, 0.1) is 16.4 Å². The maximum atomic E-state index is 4.68. The van der Waals surface area contributed by atoms with Crippen molar-refractivity contribution >= 4 is 11.3 Å². The number of aromatic nitrogens is 2. The molecule has 5 heteroatoms. The van der Waals surface area contributed by atoms with E-state index in [1.54, 1.807) is 11.3 Å². The average molecular weight is 343 g/mol. The molecule has 0 saturated carbocycles. The van der Waals surface area contributed by atoms with Gasteiger partial charge in [0, 0.05) is 43.3 Å². The van der Waals surface area contributed by atoms with Gasteiger partial charge in [-0.2, -0.15) is 0 Å². The van der Waals surface area contributed by atoms with Gasteiger partial charge < -0.3 is 0 Å². The number of hydrogen-bond donors (Lipinski definition) is 0. The lowest BCUT2D eigenvalue weighted by Crippen LogP contribution is -2.51. The topological polar surface area (TPSA) is 32.3 Å². The lowest BCUT2D eigenvalue weighted by Gasteiger charge is -2.45. The van der Waals surface area contributed by atoms with Crippen LogP contribution in [0.15, 0.2) is 29.8 Å². The first-order valence-electron chi connectivity index (χ1n) is 9.02. The molecule has 2 aliphatic heterocycles. The van der Waals surface area contributed by atoms with E-state index in [2.05, 4.69) is 44.2 Å². The third-order valence-corrected chi connectivity index (χ3v) is 6.48. The van der Waals surface area contributed by atoms with E-state index >= 15 is 0 Å². The van der Waals surface area contributed by atoms with Crippen molar-refractivity contribution in [2.75, 3.05) is 19.6 Å². The second-order valence-electron chi connectivity index (χ2n) is 7.20. The van der Waals surface area contributed by atoms with Crippen LogP contribution in [0.5, 0.6) is 0 Å². The third kappa shape index (κ3) is 3.39. The molecule has 1 spiro atoms. The standard InChI is InChI=1S/C19H26N4S/c1-16-21-18(15-24-16)14-23-10-4-6-19(23)7-11-22(12-8-19)13-17-5-2-3-9-20-17/h2-3,5,9,15H,4,6-8,10-14H2,1H3. The Hall–Kier alpha value is -1.30. The van der Waals surface area contributed by atoms with Crippen molar-refractivity contribution in [3.05, 3.63) is 46.2 Å². The molecule has 0 aromatic carbocycles. The number of rotatable bonds is 4. The zero-order chi connectivity index (χ0) is 16.4. The van der Waals surface area contributed by atoms with Crippen molar-refractivity contribution in [3.8, 4) is 0 Å². The maximum Gasteiger partial charge on any atom is 0.0897 e. The Labute approximate surface area is 148 Å². The molecule has 2 aromatic heterocycles. The number of aryl methyl sites for hydroxylation is 1. The summed E-state index contributed by atoms with van der Waals surface area (Å²) in [6.45, 7) is 7.72. The van der Waals surface area contributed by atoms with E-state index in [0.29, 0.717) is 5.54 Å². The van der Waals surface area contributed by atoms with Crippen LogP contribution in [0.1, 0.15) is 42.1 Å². The number of thiazole rings is 1. The van der Waals surface area contributed by atoms with Gasteiger partial charge in [0.1, 0.15) is 0 Å². The summed E-state index contributed by atoms with van der Waals surface area (Å²) >= 11 is 1.77. The number of piperidine rings is 1. The fourth-order valence-electron chi connectivity index (χ4n) is 4.33. The van der Waals surface area contributed by atoms with Crippen molar-refractivity contribution in [2.45, 2.75) is 51.2 Å². The second-order valence-corrected chi connectivity index (χ2v) is 8.27. The summed E-state index contributed by atoms with van der Waals surface area (Å²) in [6.07, 6.45) is 7.15. The molecule has 2 fully saturated rings. The molecule has 2 aromatic rings. The first-order valence-corrected chi connectivity index (χ1v) is 9.90. The molecule has 0 amide bonds. The highest BCUT2D eigenvalue weighted by Gasteiger charge is 2.43. The van der Waals surface area contributed by atoms with Gasteiger partial charge in [0.25, 0.3) is 0 Å². The molecule has 4 rings (SSSR count). The summed E-state index contributed by atoms with van der Waals surface area (Å²) in [4.78, 5) is 14.4. The molecule has 0 N–H and O–H groups in total. The fourth-order valence-corrected chi connectivity index (χ4v) is 4.94. The molecular weight excluding hydrogens is 316 g/mol. The molecule has 128 valence electrons. The van der Waals surface area contributed by atoms with Crippen LogP contribution in [0.2, 0.25) is 0 Å². The Bertz CT molecular complexity index is 661. The number of pyridine rings is 1. The number of hydrogen-bond acceptors (Lipinski definition) is 5. The molecule has 0 unspecified atom stereocenters. The number of nitrogens with zero attached hydrogens (tertiary/aromatic N) is 4. The molecule has 2 saturated heterocycles. The van der Waals surface area contributed by atoms with Crippen LogP contribution in [-0.4, -0.2) is 44.9 Å². The summed E-state index contributed by atoms with van der Waals surface area (Å²) in [6, 6.07) is 6.21. The SMILES string of the molecule is Cc1nc(CN2CCCC23CCN(Cc2ccccn2)CC3)cs1. The van der Waals surface area contributed by atoms with Gasteiger partial charge in [-0.25, -0.2) is 4.98 Å². The van der Waals surface area contributed by atoms with Gasteiger partial charge >= 0.3 is 0 Å². The minimum atomic E-state index is 0.415. The molecule has 0 atom stereocenters. The van der Waals surface area contributed by atoms with E-state index in [1.807, 2.05) is 12.3 Å². The van der Waals surface area contributed by atoms with Gasteiger partial charge in [0.15, 0.2) is 0 Å². The predicted molar refractivity (Wildman–Crippen MR) is 98.0 cm³/mol. The first kappa shape index (κ1) is 16.2. The maximum absolute atomic E-state index is 4.68. The summed E-state index contributed by atoms with van der Waals surface area (Å²) in [7, 11) is 0. The van der Waals surface area contributed by atoms with Crippen molar-refractivity contribution < 1.29 is 0 Å². The van der Waals surface area contributed by atoms with E-state index in [0.717, 1.165) is 13.1 Å². The van der Waals surface area contributed by atoms with Crippen molar-refractivity contribution in [2.24, 2.45) is 0 Å². The Balaban J connectivity index is 1.37. The molecule has 4 nitrogen and oxygen atoms in total. The van der Waals surface area contributed by atoms with Crippen molar-refractivity contribution in [1.29, 1.82) is 0 Å². The van der Waals surface area contributed by atoms with Crippen LogP contribution in [0.4, 0.5) is 0 Å². The predicted octanol–water partition coefficient (Wildman–Crippen LogP) is 3.48. The zero-order valence-corrected chi connectivity index (χ0v) is 15.3. The molecule has 4 heterocycles. The monoisotopic (exact) mass is 342 g/mol. The van der Waals surface area contributed by atoms with Crippen LogP contribution >= 0.6 is 11.3 Å². The van der Waals surface area contributed by atoms with E-state index in [9.17, 15) is 0 Å². The Morgan fingerprint density at radius 1 is 1.08 bits per heavy atom. The molecular formula is C19H26N4S. The Kier molecular flexibility index (Phi) is 4.66. The molecule has 24 heavy (non-hydrogen) atoms. The van der Waals surface area contributed by atoms with E-state index in [1.165, 1.54) is 61.7 Å². The molecule has 2 aliphatic rings. The fraction of sp³-hybridized carbons (Fsp3) is 0.579. The minimum absolute atomic E-state index is 0.415. The van der Waals surface area contributed by atoms with Crippen molar-refractivity contribution in [1.82, 2.24) is 19.8 Å². The van der Waals surface area contributed by atoms with Gasteiger partial charge in [0.2, 0.25) is 0 Å².